The largest absolute Gasteiger partial charge is 0.481 e. The first-order valence-electron chi connectivity index (χ1n) is 7.36. The van der Waals surface area contributed by atoms with Gasteiger partial charge in [-0.2, -0.15) is 0 Å². The molecule has 4 heteroatoms. The van der Waals surface area contributed by atoms with Crippen LogP contribution in [0.3, 0.4) is 0 Å². The molecule has 3 aliphatic heterocycles. The first-order chi connectivity index (χ1) is 8.65. The van der Waals surface area contributed by atoms with Crippen molar-refractivity contribution >= 4 is 5.97 Å². The van der Waals surface area contributed by atoms with Crippen LogP contribution in [0.2, 0.25) is 0 Å². The molecule has 0 aromatic carbocycles. The highest BCUT2D eigenvalue weighted by atomic mass is 16.4. The highest BCUT2D eigenvalue weighted by Crippen LogP contribution is 2.33. The number of rotatable bonds is 2. The summed E-state index contributed by atoms with van der Waals surface area (Å²) >= 11 is 0. The molecule has 3 saturated heterocycles. The lowest BCUT2D eigenvalue weighted by atomic mass is 9.96. The van der Waals surface area contributed by atoms with Crippen molar-refractivity contribution in [3.63, 3.8) is 0 Å². The van der Waals surface area contributed by atoms with Gasteiger partial charge in [0.25, 0.3) is 0 Å². The monoisotopic (exact) mass is 252 g/mol. The first-order valence-corrected chi connectivity index (χ1v) is 7.36. The van der Waals surface area contributed by atoms with Crippen LogP contribution in [0.25, 0.3) is 0 Å². The number of likely N-dealkylation sites (tertiary alicyclic amines) is 1. The van der Waals surface area contributed by atoms with E-state index in [2.05, 4.69) is 16.7 Å². The van der Waals surface area contributed by atoms with E-state index in [0.717, 1.165) is 19.1 Å². The lowest BCUT2D eigenvalue weighted by Gasteiger charge is -2.39. The topological polar surface area (TPSA) is 43.8 Å². The molecule has 3 rings (SSSR count). The maximum Gasteiger partial charge on any atom is 0.308 e. The van der Waals surface area contributed by atoms with Crippen molar-refractivity contribution in [2.24, 2.45) is 11.8 Å². The third-order valence-electron chi connectivity index (χ3n) is 5.27. The van der Waals surface area contributed by atoms with Gasteiger partial charge in [-0.15, -0.1) is 0 Å². The van der Waals surface area contributed by atoms with Gasteiger partial charge in [0.2, 0.25) is 0 Å². The van der Waals surface area contributed by atoms with Gasteiger partial charge < -0.3 is 10.0 Å². The Balaban J connectivity index is 1.61. The third kappa shape index (κ3) is 2.16. The number of aliphatic carboxylic acids is 1. The SMILES string of the molecule is C[C@@H]1CN(C2CCN3CCCC3C2)C[C@H]1C(=O)O. The van der Waals surface area contributed by atoms with Crippen molar-refractivity contribution in [1.29, 1.82) is 0 Å². The minimum absolute atomic E-state index is 0.147. The van der Waals surface area contributed by atoms with Gasteiger partial charge in [-0.25, -0.2) is 0 Å². The molecule has 1 N–H and O–H groups in total. The normalized spacial score (nSPS) is 42.1. The number of hydrogen-bond donors (Lipinski definition) is 1. The molecular weight excluding hydrogens is 228 g/mol. The van der Waals surface area contributed by atoms with Gasteiger partial charge in [0.15, 0.2) is 0 Å². The fourth-order valence-electron chi connectivity index (χ4n) is 4.16. The lowest BCUT2D eigenvalue weighted by molar-refractivity contribution is -0.142. The van der Waals surface area contributed by atoms with E-state index in [4.69, 9.17) is 0 Å². The minimum atomic E-state index is -0.608. The predicted molar refractivity (Wildman–Crippen MR) is 69.5 cm³/mol. The van der Waals surface area contributed by atoms with E-state index in [1.54, 1.807) is 0 Å². The molecule has 18 heavy (non-hydrogen) atoms. The van der Waals surface area contributed by atoms with Crippen LogP contribution >= 0.6 is 0 Å². The molecule has 0 aromatic heterocycles. The Hall–Kier alpha value is -0.610. The van der Waals surface area contributed by atoms with Gasteiger partial charge in [-0.1, -0.05) is 6.92 Å². The molecule has 102 valence electrons. The zero-order valence-electron chi connectivity index (χ0n) is 11.2. The molecule has 3 aliphatic rings. The van der Waals surface area contributed by atoms with E-state index in [-0.39, 0.29) is 5.92 Å². The first kappa shape index (κ1) is 12.4. The van der Waals surface area contributed by atoms with E-state index < -0.39 is 5.97 Å². The second-order valence-electron chi connectivity index (χ2n) is 6.39. The molecule has 3 heterocycles. The summed E-state index contributed by atoms with van der Waals surface area (Å²) in [6.45, 7) is 6.34. The summed E-state index contributed by atoms with van der Waals surface area (Å²) in [4.78, 5) is 16.3. The van der Waals surface area contributed by atoms with Crippen LogP contribution in [0.5, 0.6) is 0 Å². The summed E-state index contributed by atoms with van der Waals surface area (Å²) in [7, 11) is 0. The fraction of sp³-hybridized carbons (Fsp3) is 0.929. The molecule has 4 atom stereocenters. The zero-order chi connectivity index (χ0) is 12.7. The maximum absolute atomic E-state index is 11.2. The van der Waals surface area contributed by atoms with Crippen LogP contribution in [0, 0.1) is 11.8 Å². The van der Waals surface area contributed by atoms with Crippen LogP contribution in [0.15, 0.2) is 0 Å². The summed E-state index contributed by atoms with van der Waals surface area (Å²) in [5.74, 6) is -0.445. The Labute approximate surface area is 109 Å². The van der Waals surface area contributed by atoms with Gasteiger partial charge in [-0.3, -0.25) is 9.69 Å². The number of nitrogens with zero attached hydrogens (tertiary/aromatic N) is 2. The van der Waals surface area contributed by atoms with Crippen molar-refractivity contribution in [2.75, 3.05) is 26.2 Å². The van der Waals surface area contributed by atoms with E-state index in [0.29, 0.717) is 12.0 Å². The van der Waals surface area contributed by atoms with Gasteiger partial charge in [0.05, 0.1) is 5.92 Å². The molecule has 2 unspecified atom stereocenters. The standard InChI is InChI=1S/C14H24N2O2/c1-10-8-16(9-13(10)14(17)18)12-4-6-15-5-2-3-11(15)7-12/h10-13H,2-9H2,1H3,(H,17,18)/t10-,11?,12?,13-/m1/s1. The second-order valence-corrected chi connectivity index (χ2v) is 6.39. The van der Waals surface area contributed by atoms with Crippen LogP contribution in [0.1, 0.15) is 32.6 Å². The number of fused-ring (bicyclic) bond motifs is 1. The van der Waals surface area contributed by atoms with E-state index in [1.807, 2.05) is 0 Å². The van der Waals surface area contributed by atoms with Gasteiger partial charge in [-0.05, 0) is 44.7 Å². The average molecular weight is 252 g/mol. The van der Waals surface area contributed by atoms with Gasteiger partial charge in [0, 0.05) is 25.2 Å². The van der Waals surface area contributed by atoms with Crippen LogP contribution in [0.4, 0.5) is 0 Å². The smallest absolute Gasteiger partial charge is 0.308 e. The molecule has 0 amide bonds. The molecule has 0 aromatic rings. The molecule has 0 bridgehead atoms. The van der Waals surface area contributed by atoms with Crippen molar-refractivity contribution in [2.45, 2.75) is 44.7 Å². The summed E-state index contributed by atoms with van der Waals surface area (Å²) in [6, 6.07) is 1.42. The summed E-state index contributed by atoms with van der Waals surface area (Å²) in [6.07, 6.45) is 5.20. The molecule has 0 aliphatic carbocycles. The summed E-state index contributed by atoms with van der Waals surface area (Å²) in [5, 5.41) is 9.22. The Kier molecular flexibility index (Phi) is 3.32. The maximum atomic E-state index is 11.2. The van der Waals surface area contributed by atoms with Crippen molar-refractivity contribution < 1.29 is 9.90 Å². The molecule has 0 radical (unpaired) electrons. The van der Waals surface area contributed by atoms with Crippen molar-refractivity contribution in [3.05, 3.63) is 0 Å². The zero-order valence-corrected chi connectivity index (χ0v) is 11.2. The van der Waals surface area contributed by atoms with Gasteiger partial charge in [0.1, 0.15) is 0 Å². The lowest BCUT2D eigenvalue weighted by Crippen LogP contribution is -2.47. The Morgan fingerprint density at radius 1 is 1.11 bits per heavy atom. The Bertz CT molecular complexity index is 334. The van der Waals surface area contributed by atoms with Crippen molar-refractivity contribution in [1.82, 2.24) is 9.80 Å². The molecule has 0 saturated carbocycles. The molecule has 4 nitrogen and oxygen atoms in total. The Morgan fingerprint density at radius 3 is 2.61 bits per heavy atom. The average Bonchev–Trinajstić information content (AvgIpc) is 2.93. The second kappa shape index (κ2) is 4.82. The van der Waals surface area contributed by atoms with Crippen molar-refractivity contribution in [3.8, 4) is 0 Å². The highest BCUT2D eigenvalue weighted by molar-refractivity contribution is 5.71. The van der Waals surface area contributed by atoms with E-state index in [9.17, 15) is 9.90 Å². The number of hydrogen-bond acceptors (Lipinski definition) is 3. The minimum Gasteiger partial charge on any atom is -0.481 e. The quantitative estimate of drug-likeness (QED) is 0.803. The number of piperidine rings is 1. The summed E-state index contributed by atoms with van der Waals surface area (Å²) < 4.78 is 0. The molecule has 0 spiro atoms. The number of carboxylic acids is 1. The number of carboxylic acid groups (broad SMARTS) is 1. The number of carbonyl (C=O) groups is 1. The summed E-state index contributed by atoms with van der Waals surface area (Å²) in [5.41, 5.74) is 0. The third-order valence-corrected chi connectivity index (χ3v) is 5.27. The fourth-order valence-corrected chi connectivity index (χ4v) is 4.16. The van der Waals surface area contributed by atoms with E-state index >= 15 is 0 Å². The van der Waals surface area contributed by atoms with Crippen LogP contribution < -0.4 is 0 Å². The molecule has 3 fully saturated rings. The van der Waals surface area contributed by atoms with Crippen LogP contribution in [-0.4, -0.2) is 59.1 Å². The van der Waals surface area contributed by atoms with Crippen LogP contribution in [-0.2, 0) is 4.79 Å². The Morgan fingerprint density at radius 2 is 1.89 bits per heavy atom. The van der Waals surface area contributed by atoms with Gasteiger partial charge >= 0.3 is 5.97 Å². The highest BCUT2D eigenvalue weighted by Gasteiger charge is 2.40. The molecular formula is C14H24N2O2. The van der Waals surface area contributed by atoms with E-state index in [1.165, 1.54) is 38.8 Å². The predicted octanol–water partition coefficient (Wildman–Crippen LogP) is 1.27.